The summed E-state index contributed by atoms with van der Waals surface area (Å²) in [6.07, 6.45) is 0. The zero-order valence-corrected chi connectivity index (χ0v) is 7.52. The minimum absolute atomic E-state index is 0. The Bertz CT molecular complexity index is 91.7. The van der Waals surface area contributed by atoms with Gasteiger partial charge in [-0.25, -0.2) is 4.57 Å². The zero-order valence-electron chi connectivity index (χ0n) is 5.63. The third kappa shape index (κ3) is 1100. The van der Waals surface area contributed by atoms with Crippen molar-refractivity contribution in [2.24, 2.45) is 0 Å². The third-order valence-electron chi connectivity index (χ3n) is 0. The van der Waals surface area contributed by atoms with E-state index in [9.17, 15) is 0 Å². The normalized spacial score (nSPS) is 7.89. The third-order valence-corrected chi connectivity index (χ3v) is 0. The summed E-state index contributed by atoms with van der Waals surface area (Å²) in [7, 11) is -4.64. The molecule has 0 aromatic heterocycles. The summed E-state index contributed by atoms with van der Waals surface area (Å²) in [5, 5.41) is 6.89. The Balaban J connectivity index is -0.0000000326. The van der Waals surface area contributed by atoms with Crippen molar-refractivity contribution in [1.82, 2.24) is 0 Å². The molecule has 0 spiro atoms. The fourth-order valence-corrected chi connectivity index (χ4v) is 0. The van der Waals surface area contributed by atoms with Crippen LogP contribution >= 0.6 is 7.82 Å². The van der Waals surface area contributed by atoms with Crippen LogP contribution in [0, 0.1) is 0 Å². The summed E-state index contributed by atoms with van der Waals surface area (Å²) in [5.74, 6) is 0. The number of hydrogen-bond donors (Lipinski definition) is 4. The van der Waals surface area contributed by atoms with E-state index >= 15 is 0 Å². The van der Waals surface area contributed by atoms with Gasteiger partial charge in [-0.1, -0.05) is 0 Å². The van der Waals surface area contributed by atoms with Crippen LogP contribution in [0.1, 0.15) is 1.43 Å². The van der Waals surface area contributed by atoms with Crippen molar-refractivity contribution < 1.29 is 60.1 Å². The zero-order chi connectivity index (χ0) is 7.21. The Morgan fingerprint density at radius 3 is 1.33 bits per heavy atom. The summed E-state index contributed by atoms with van der Waals surface area (Å²) >= 11 is 0. The Kier molecular flexibility index (Phi) is 15.5. The van der Waals surface area contributed by atoms with E-state index in [0.717, 1.165) is 0 Å². The van der Waals surface area contributed by atoms with Crippen molar-refractivity contribution in [3.8, 4) is 0 Å². The van der Waals surface area contributed by atoms with E-state index in [0.29, 0.717) is 0 Å². The van der Waals surface area contributed by atoms with Gasteiger partial charge in [0.25, 0.3) is 6.47 Å². The van der Waals surface area contributed by atoms with Crippen molar-refractivity contribution in [2.45, 2.75) is 0 Å². The Labute approximate surface area is 74.5 Å². The van der Waals surface area contributed by atoms with Crippen molar-refractivity contribution >= 4 is 14.3 Å². The van der Waals surface area contributed by atoms with Crippen LogP contribution in [0.3, 0.4) is 0 Å². The van der Waals surface area contributed by atoms with Gasteiger partial charge in [0.15, 0.2) is 0 Å². The molecule has 0 amide bonds. The molecule has 0 aromatic rings. The van der Waals surface area contributed by atoms with Crippen molar-refractivity contribution in [3.63, 3.8) is 0 Å². The fraction of sp³-hybridized carbons (Fsp3) is 0. The molecule has 0 radical (unpaired) electrons. The van der Waals surface area contributed by atoms with E-state index in [1.165, 1.54) is 0 Å². The number of carbonyl (C=O) groups is 1. The number of hydrogen-bond acceptors (Lipinski definition) is 2. The van der Waals surface area contributed by atoms with Gasteiger partial charge in [0, 0.05) is 0 Å². The van der Waals surface area contributed by atoms with Gasteiger partial charge in [0.05, 0.1) is 0 Å². The molecule has 0 fully saturated rings. The van der Waals surface area contributed by atoms with Crippen molar-refractivity contribution in [2.75, 3.05) is 0 Å². The minimum Gasteiger partial charge on any atom is -1.00 e. The molecule has 52 valence electrons. The van der Waals surface area contributed by atoms with Crippen LogP contribution in [-0.4, -0.2) is 26.3 Å². The second kappa shape index (κ2) is 8.58. The Morgan fingerprint density at radius 1 is 1.33 bits per heavy atom. The van der Waals surface area contributed by atoms with Crippen LogP contribution in [0.4, 0.5) is 0 Å². The largest absolute Gasteiger partial charge is 1.00 e. The monoisotopic (exact) mass is 168 g/mol. The Morgan fingerprint density at radius 2 is 1.33 bits per heavy atom. The first-order valence-corrected chi connectivity index (χ1v) is 2.84. The van der Waals surface area contributed by atoms with Crippen molar-refractivity contribution in [1.29, 1.82) is 0 Å². The molecule has 0 atom stereocenters. The summed E-state index contributed by atoms with van der Waals surface area (Å²) in [6.45, 7) is -0.250. The summed E-state index contributed by atoms with van der Waals surface area (Å²) in [5.41, 5.74) is 0. The first kappa shape index (κ1) is 16.3. The second-order valence-electron chi connectivity index (χ2n) is 0.619. The number of phosphoric acid groups is 1. The first-order chi connectivity index (χ1) is 3.41. The maximum atomic E-state index is 8.88. The predicted octanol–water partition coefficient (Wildman–Crippen LogP) is -4.11. The molecule has 0 saturated carbocycles. The molecule has 4 N–H and O–H groups in total. The molecule has 0 saturated heterocycles. The standard InChI is InChI=1S/CH2O2.Na.H3O4P.H/c2-1-3;;1-5(2,3)4;/h1H,(H,2,3);;(H3,1,2,3,4);/q;+1;;-1. The quantitative estimate of drug-likeness (QED) is 0.166. The van der Waals surface area contributed by atoms with Gasteiger partial charge in [-0.05, 0) is 0 Å². The molecule has 8 heteroatoms. The van der Waals surface area contributed by atoms with Crippen LogP contribution in [0.25, 0.3) is 0 Å². The van der Waals surface area contributed by atoms with E-state index in [1.807, 2.05) is 0 Å². The molecule has 0 bridgehead atoms. The van der Waals surface area contributed by atoms with Gasteiger partial charge in [-0.3, -0.25) is 4.79 Å². The molecule has 6 nitrogen and oxygen atoms in total. The van der Waals surface area contributed by atoms with E-state index in [-0.39, 0.29) is 37.5 Å². The molecule has 0 aliphatic rings. The maximum Gasteiger partial charge on any atom is 1.00 e. The van der Waals surface area contributed by atoms with Crippen LogP contribution in [-0.2, 0) is 9.36 Å². The molecular formula is CH6NaO6P. The van der Waals surface area contributed by atoms with E-state index in [1.54, 1.807) is 0 Å². The second-order valence-corrected chi connectivity index (χ2v) is 1.65. The van der Waals surface area contributed by atoms with Gasteiger partial charge in [-0.2, -0.15) is 0 Å². The molecule has 0 rings (SSSR count). The van der Waals surface area contributed by atoms with Gasteiger partial charge >= 0.3 is 37.4 Å². The molecule has 0 aliphatic carbocycles. The number of carboxylic acid groups (broad SMARTS) is 1. The molecule has 9 heavy (non-hydrogen) atoms. The number of rotatable bonds is 0. The predicted molar refractivity (Wildman–Crippen MR) is 24.1 cm³/mol. The SMILES string of the molecule is O=CO.O=P(O)(O)O.[H-].[Na+]. The molecular weight excluding hydrogens is 162 g/mol. The first-order valence-electron chi connectivity index (χ1n) is 1.28. The van der Waals surface area contributed by atoms with Gasteiger partial charge in [-0.15, -0.1) is 0 Å². The van der Waals surface area contributed by atoms with Crippen LogP contribution in [0.5, 0.6) is 0 Å². The van der Waals surface area contributed by atoms with E-state index < -0.39 is 7.82 Å². The maximum absolute atomic E-state index is 8.88. The molecule has 0 aromatic carbocycles. The molecule has 0 heterocycles. The smallest absolute Gasteiger partial charge is 1.00 e. The molecule has 0 aliphatic heterocycles. The fourth-order valence-electron chi connectivity index (χ4n) is 0. The average Bonchev–Trinajstić information content (AvgIpc) is 1.27. The van der Waals surface area contributed by atoms with E-state index in [2.05, 4.69) is 0 Å². The van der Waals surface area contributed by atoms with Gasteiger partial charge in [0.1, 0.15) is 0 Å². The molecule has 0 unspecified atom stereocenters. The summed E-state index contributed by atoms with van der Waals surface area (Å²) < 4.78 is 8.88. The summed E-state index contributed by atoms with van der Waals surface area (Å²) in [4.78, 5) is 29.9. The Hall–Kier alpha value is 0.580. The average molecular weight is 168 g/mol. The minimum atomic E-state index is -4.64. The van der Waals surface area contributed by atoms with Crippen LogP contribution < -0.4 is 29.6 Å². The van der Waals surface area contributed by atoms with Crippen LogP contribution in [0.15, 0.2) is 0 Å². The van der Waals surface area contributed by atoms with Crippen molar-refractivity contribution in [3.05, 3.63) is 0 Å². The summed E-state index contributed by atoms with van der Waals surface area (Å²) in [6, 6.07) is 0. The van der Waals surface area contributed by atoms with Gasteiger partial charge in [0.2, 0.25) is 0 Å². The van der Waals surface area contributed by atoms with Crippen LogP contribution in [0.2, 0.25) is 0 Å². The topological polar surface area (TPSA) is 115 Å². The van der Waals surface area contributed by atoms with Gasteiger partial charge < -0.3 is 21.2 Å². The van der Waals surface area contributed by atoms with E-state index in [4.69, 9.17) is 29.1 Å².